The molecule has 3 nitrogen and oxygen atoms in total. The molecule has 114 valence electrons. The molecule has 0 aliphatic rings. The van der Waals surface area contributed by atoms with Gasteiger partial charge in [-0.1, -0.05) is 24.6 Å². The zero-order chi connectivity index (χ0) is 15.2. The van der Waals surface area contributed by atoms with Crippen LogP contribution in [0, 0.1) is 6.92 Å². The minimum atomic E-state index is 0.0328. The molecule has 2 rings (SSSR count). The van der Waals surface area contributed by atoms with Crippen molar-refractivity contribution in [2.75, 3.05) is 6.54 Å². The van der Waals surface area contributed by atoms with Gasteiger partial charge in [0, 0.05) is 22.9 Å². The standard InChI is InChI=1S/C16H21ClN2OS/c1-4-18-16(9-14-10-21-12(3)19-14)11(2)20-15-7-5-6-13(17)8-15/h5-8,10-11,16,18H,4,9H2,1-3H3. The van der Waals surface area contributed by atoms with E-state index in [4.69, 9.17) is 16.3 Å². The maximum Gasteiger partial charge on any atom is 0.121 e. The Morgan fingerprint density at radius 2 is 2.24 bits per heavy atom. The molecule has 2 aromatic rings. The third-order valence-corrected chi connectivity index (χ3v) is 4.30. The molecule has 1 heterocycles. The Morgan fingerprint density at radius 1 is 1.43 bits per heavy atom. The molecule has 0 saturated heterocycles. The Hall–Kier alpha value is -1.10. The molecule has 1 N–H and O–H groups in total. The van der Waals surface area contributed by atoms with Gasteiger partial charge in [0.1, 0.15) is 11.9 Å². The highest BCUT2D eigenvalue weighted by atomic mass is 35.5. The number of benzene rings is 1. The first kappa shape index (κ1) is 16.3. The molecule has 2 atom stereocenters. The van der Waals surface area contributed by atoms with Gasteiger partial charge < -0.3 is 10.1 Å². The summed E-state index contributed by atoms with van der Waals surface area (Å²) >= 11 is 7.68. The highest BCUT2D eigenvalue weighted by Crippen LogP contribution is 2.20. The molecule has 21 heavy (non-hydrogen) atoms. The second-order valence-corrected chi connectivity index (χ2v) is 6.51. The molecule has 0 spiro atoms. The number of thiazole rings is 1. The van der Waals surface area contributed by atoms with Crippen LogP contribution in [0.2, 0.25) is 5.02 Å². The van der Waals surface area contributed by atoms with Gasteiger partial charge >= 0.3 is 0 Å². The summed E-state index contributed by atoms with van der Waals surface area (Å²) in [6.07, 6.45) is 0.894. The number of likely N-dealkylation sites (N-methyl/N-ethyl adjacent to an activating group) is 1. The maximum absolute atomic E-state index is 6.02. The SMILES string of the molecule is CCNC(Cc1csc(C)n1)C(C)Oc1cccc(Cl)c1. The Balaban J connectivity index is 2.02. The van der Waals surface area contributed by atoms with Gasteiger partial charge in [0.15, 0.2) is 0 Å². The van der Waals surface area contributed by atoms with Crippen molar-refractivity contribution in [2.24, 2.45) is 0 Å². The second-order valence-electron chi connectivity index (χ2n) is 5.01. The van der Waals surface area contributed by atoms with E-state index in [1.54, 1.807) is 11.3 Å². The quantitative estimate of drug-likeness (QED) is 0.832. The predicted molar refractivity (Wildman–Crippen MR) is 89.6 cm³/mol. The van der Waals surface area contributed by atoms with Crippen LogP contribution in [-0.2, 0) is 6.42 Å². The molecule has 1 aromatic carbocycles. The van der Waals surface area contributed by atoms with Crippen LogP contribution in [0.15, 0.2) is 29.6 Å². The summed E-state index contributed by atoms with van der Waals surface area (Å²) < 4.78 is 6.02. The van der Waals surface area contributed by atoms with Gasteiger partial charge in [-0.25, -0.2) is 4.98 Å². The molecule has 0 aliphatic heterocycles. The van der Waals surface area contributed by atoms with Crippen LogP contribution < -0.4 is 10.1 Å². The summed E-state index contributed by atoms with van der Waals surface area (Å²) in [5, 5.41) is 7.39. The number of aryl methyl sites for hydroxylation is 1. The average Bonchev–Trinajstić information content (AvgIpc) is 2.84. The van der Waals surface area contributed by atoms with Gasteiger partial charge in [0.2, 0.25) is 0 Å². The highest BCUT2D eigenvalue weighted by Gasteiger charge is 2.19. The van der Waals surface area contributed by atoms with Crippen molar-refractivity contribution >= 4 is 22.9 Å². The lowest BCUT2D eigenvalue weighted by molar-refractivity contribution is 0.170. The molecule has 0 aliphatic carbocycles. The van der Waals surface area contributed by atoms with Gasteiger partial charge in [-0.2, -0.15) is 0 Å². The topological polar surface area (TPSA) is 34.2 Å². The van der Waals surface area contributed by atoms with Crippen molar-refractivity contribution in [3.63, 3.8) is 0 Å². The number of hydrogen-bond acceptors (Lipinski definition) is 4. The smallest absolute Gasteiger partial charge is 0.121 e. The summed E-state index contributed by atoms with van der Waals surface area (Å²) in [4.78, 5) is 4.54. The Morgan fingerprint density at radius 3 is 2.86 bits per heavy atom. The minimum absolute atomic E-state index is 0.0328. The van der Waals surface area contributed by atoms with Crippen LogP contribution in [0.5, 0.6) is 5.75 Å². The Kier molecular flexibility index (Phi) is 6.03. The second kappa shape index (κ2) is 7.78. The van der Waals surface area contributed by atoms with Crippen LogP contribution in [0.25, 0.3) is 0 Å². The van der Waals surface area contributed by atoms with Crippen molar-refractivity contribution in [2.45, 2.75) is 39.3 Å². The van der Waals surface area contributed by atoms with Crippen molar-refractivity contribution < 1.29 is 4.74 Å². The molecule has 0 saturated carbocycles. The van der Waals surface area contributed by atoms with Crippen LogP contribution in [0.1, 0.15) is 24.5 Å². The maximum atomic E-state index is 6.02. The summed E-state index contributed by atoms with van der Waals surface area (Å²) in [5.41, 5.74) is 1.12. The van der Waals surface area contributed by atoms with Crippen LogP contribution >= 0.6 is 22.9 Å². The summed E-state index contributed by atoms with van der Waals surface area (Å²) in [5.74, 6) is 0.798. The number of nitrogens with one attached hydrogen (secondary N) is 1. The van der Waals surface area contributed by atoms with Gasteiger partial charge in [-0.3, -0.25) is 0 Å². The van der Waals surface area contributed by atoms with E-state index in [9.17, 15) is 0 Å². The zero-order valence-electron chi connectivity index (χ0n) is 12.6. The number of hydrogen-bond donors (Lipinski definition) is 1. The van der Waals surface area contributed by atoms with Gasteiger partial charge in [-0.15, -0.1) is 11.3 Å². The number of nitrogens with zero attached hydrogens (tertiary/aromatic N) is 1. The third-order valence-electron chi connectivity index (χ3n) is 3.25. The first-order valence-electron chi connectivity index (χ1n) is 7.15. The molecular formula is C16H21ClN2OS. The Bertz CT molecular complexity index is 573. The lowest BCUT2D eigenvalue weighted by Gasteiger charge is -2.25. The number of ether oxygens (including phenoxy) is 1. The average molecular weight is 325 g/mol. The molecule has 0 radical (unpaired) electrons. The summed E-state index contributed by atoms with van der Waals surface area (Å²) in [6.45, 7) is 7.11. The van der Waals surface area contributed by atoms with E-state index in [2.05, 4.69) is 29.5 Å². The highest BCUT2D eigenvalue weighted by molar-refractivity contribution is 7.09. The molecular weight excluding hydrogens is 304 g/mol. The summed E-state index contributed by atoms with van der Waals surface area (Å²) in [7, 11) is 0. The fourth-order valence-electron chi connectivity index (χ4n) is 2.23. The molecule has 0 bridgehead atoms. The van der Waals surface area contributed by atoms with Crippen molar-refractivity contribution in [3.05, 3.63) is 45.4 Å². The normalized spacial score (nSPS) is 13.9. The lowest BCUT2D eigenvalue weighted by atomic mass is 10.1. The summed E-state index contributed by atoms with van der Waals surface area (Å²) in [6, 6.07) is 7.73. The van der Waals surface area contributed by atoms with E-state index in [1.165, 1.54) is 0 Å². The fourth-order valence-corrected chi connectivity index (χ4v) is 3.04. The zero-order valence-corrected chi connectivity index (χ0v) is 14.2. The first-order valence-corrected chi connectivity index (χ1v) is 8.41. The minimum Gasteiger partial charge on any atom is -0.489 e. The van der Waals surface area contributed by atoms with E-state index in [0.717, 1.165) is 29.4 Å². The molecule has 5 heteroatoms. The van der Waals surface area contributed by atoms with Crippen molar-refractivity contribution in [1.29, 1.82) is 0 Å². The van der Waals surface area contributed by atoms with Crippen LogP contribution in [-0.4, -0.2) is 23.7 Å². The first-order chi connectivity index (χ1) is 10.1. The van der Waals surface area contributed by atoms with Gasteiger partial charge in [0.25, 0.3) is 0 Å². The van der Waals surface area contributed by atoms with Gasteiger partial charge in [-0.05, 0) is 38.6 Å². The van der Waals surface area contributed by atoms with Crippen LogP contribution in [0.3, 0.4) is 0 Å². The number of halogens is 1. The fraction of sp³-hybridized carbons (Fsp3) is 0.438. The third kappa shape index (κ3) is 4.99. The van der Waals surface area contributed by atoms with E-state index in [1.807, 2.05) is 31.2 Å². The number of aromatic nitrogens is 1. The van der Waals surface area contributed by atoms with E-state index in [0.29, 0.717) is 5.02 Å². The van der Waals surface area contributed by atoms with Crippen molar-refractivity contribution in [3.8, 4) is 5.75 Å². The van der Waals surface area contributed by atoms with Gasteiger partial charge in [0.05, 0.1) is 10.7 Å². The number of rotatable bonds is 7. The molecule has 0 fully saturated rings. The molecule has 1 aromatic heterocycles. The van der Waals surface area contributed by atoms with E-state index >= 15 is 0 Å². The van der Waals surface area contributed by atoms with Crippen molar-refractivity contribution in [1.82, 2.24) is 10.3 Å². The molecule has 0 amide bonds. The lowest BCUT2D eigenvalue weighted by Crippen LogP contribution is -2.43. The monoisotopic (exact) mass is 324 g/mol. The largest absolute Gasteiger partial charge is 0.489 e. The molecule has 2 unspecified atom stereocenters. The van der Waals surface area contributed by atoms with Crippen LogP contribution in [0.4, 0.5) is 0 Å². The van der Waals surface area contributed by atoms with E-state index in [-0.39, 0.29) is 12.1 Å². The Labute approximate surface area is 135 Å². The van der Waals surface area contributed by atoms with E-state index < -0.39 is 0 Å². The predicted octanol–water partition coefficient (Wildman–Crippen LogP) is 4.09.